The molecule has 0 unspecified atom stereocenters. The number of nitrogens with one attached hydrogen (secondary N) is 2. The van der Waals surface area contributed by atoms with E-state index in [1.54, 1.807) is 0 Å². The molecule has 0 atom stereocenters. The van der Waals surface area contributed by atoms with Gasteiger partial charge in [0, 0.05) is 26.2 Å². The van der Waals surface area contributed by atoms with E-state index in [4.69, 9.17) is 0 Å². The number of nitrogens with zero attached hydrogens (tertiary/aromatic N) is 1. The third kappa shape index (κ3) is 0.689. The van der Waals surface area contributed by atoms with E-state index < -0.39 is 0 Å². The van der Waals surface area contributed by atoms with E-state index >= 15 is 0 Å². The fourth-order valence-electron chi connectivity index (χ4n) is 1.71. The van der Waals surface area contributed by atoms with E-state index in [9.17, 15) is 0 Å². The normalized spacial score (nSPS) is 33.0. The van der Waals surface area contributed by atoms with Gasteiger partial charge in [-0.15, -0.1) is 0 Å². The Morgan fingerprint density at radius 2 is 1.78 bits per heavy atom. The summed E-state index contributed by atoms with van der Waals surface area (Å²) in [6.07, 6.45) is 0. The summed E-state index contributed by atoms with van der Waals surface area (Å²) < 4.78 is 0. The summed E-state index contributed by atoms with van der Waals surface area (Å²) in [4.78, 5) is 2.44. The topological polar surface area (TPSA) is 27.3 Å². The van der Waals surface area contributed by atoms with Crippen molar-refractivity contribution in [3.63, 3.8) is 0 Å². The minimum Gasteiger partial charge on any atom is -0.286 e. The van der Waals surface area contributed by atoms with Crippen LogP contribution in [-0.4, -0.2) is 36.9 Å². The Labute approximate surface area is 55.4 Å². The van der Waals surface area contributed by atoms with Crippen LogP contribution in [0.5, 0.6) is 0 Å². The van der Waals surface area contributed by atoms with Gasteiger partial charge in [0.05, 0.1) is 0 Å². The van der Waals surface area contributed by atoms with Crippen molar-refractivity contribution in [1.29, 1.82) is 0 Å². The molecule has 2 heterocycles. The van der Waals surface area contributed by atoms with E-state index in [0.29, 0.717) is 0 Å². The molecule has 0 aliphatic carbocycles. The van der Waals surface area contributed by atoms with Crippen LogP contribution < -0.4 is 10.6 Å². The molecule has 9 heavy (non-hydrogen) atoms. The van der Waals surface area contributed by atoms with Crippen LogP contribution in [0.4, 0.5) is 0 Å². The Hall–Kier alpha value is -0.120. The van der Waals surface area contributed by atoms with E-state index in [2.05, 4.69) is 22.5 Å². The zero-order chi connectivity index (χ0) is 6.32. The maximum absolute atomic E-state index is 3.41. The summed E-state index contributed by atoms with van der Waals surface area (Å²) in [5.41, 5.74) is 0. The quantitative estimate of drug-likeness (QED) is 0.444. The Bertz CT molecular complexity index is 113. The van der Waals surface area contributed by atoms with Crippen molar-refractivity contribution < 1.29 is 0 Å². The van der Waals surface area contributed by atoms with Crippen LogP contribution in [0.2, 0.25) is 0 Å². The minimum absolute atomic E-state index is 0.139. The van der Waals surface area contributed by atoms with Gasteiger partial charge in [-0.1, -0.05) is 0 Å². The van der Waals surface area contributed by atoms with Crippen LogP contribution in [0.3, 0.4) is 0 Å². The standard InChI is InChI=1S/C6H13N3/c1-6-7-2-4-9(6)5-3-8-6/h7-8H,2-5H2,1H3. The van der Waals surface area contributed by atoms with Crippen molar-refractivity contribution in [1.82, 2.24) is 15.5 Å². The lowest BCUT2D eigenvalue weighted by atomic mass is 10.4. The van der Waals surface area contributed by atoms with E-state index in [0.717, 1.165) is 13.1 Å². The molecule has 0 bridgehead atoms. The summed E-state index contributed by atoms with van der Waals surface area (Å²) in [5.74, 6) is 0.139. The van der Waals surface area contributed by atoms with Crippen LogP contribution in [0.25, 0.3) is 0 Å². The maximum Gasteiger partial charge on any atom is 0.123 e. The highest BCUT2D eigenvalue weighted by Gasteiger charge is 2.39. The number of fused-ring (bicyclic) bond motifs is 1. The zero-order valence-electron chi connectivity index (χ0n) is 5.78. The first-order valence-electron chi connectivity index (χ1n) is 3.56. The molecule has 2 rings (SSSR count). The molecule has 0 aromatic rings. The van der Waals surface area contributed by atoms with Crippen molar-refractivity contribution in [2.45, 2.75) is 12.7 Å². The molecule has 0 saturated carbocycles. The first kappa shape index (κ1) is 5.65. The maximum atomic E-state index is 3.41. The lowest BCUT2D eigenvalue weighted by molar-refractivity contribution is 0.174. The van der Waals surface area contributed by atoms with Gasteiger partial charge in [0.25, 0.3) is 0 Å². The second-order valence-corrected chi connectivity index (χ2v) is 2.91. The first-order valence-corrected chi connectivity index (χ1v) is 3.56. The average molecular weight is 127 g/mol. The van der Waals surface area contributed by atoms with Crippen molar-refractivity contribution in [3.8, 4) is 0 Å². The second kappa shape index (κ2) is 1.68. The third-order valence-electron chi connectivity index (χ3n) is 2.33. The molecule has 2 aliphatic heterocycles. The zero-order valence-corrected chi connectivity index (χ0v) is 5.78. The Morgan fingerprint density at radius 1 is 1.22 bits per heavy atom. The van der Waals surface area contributed by atoms with Gasteiger partial charge >= 0.3 is 0 Å². The molecule has 2 fully saturated rings. The summed E-state index contributed by atoms with van der Waals surface area (Å²) in [7, 11) is 0. The summed E-state index contributed by atoms with van der Waals surface area (Å²) in [5, 5.41) is 6.82. The van der Waals surface area contributed by atoms with Crippen LogP contribution >= 0.6 is 0 Å². The average Bonchev–Trinajstić information content (AvgIpc) is 2.22. The highest BCUT2D eigenvalue weighted by atomic mass is 15.5. The highest BCUT2D eigenvalue weighted by molar-refractivity contribution is 4.92. The Kier molecular flexibility index (Phi) is 1.06. The fourth-order valence-corrected chi connectivity index (χ4v) is 1.71. The van der Waals surface area contributed by atoms with Gasteiger partial charge in [-0.3, -0.25) is 15.5 Å². The van der Waals surface area contributed by atoms with Crippen molar-refractivity contribution in [2.75, 3.05) is 26.2 Å². The largest absolute Gasteiger partial charge is 0.286 e. The lowest BCUT2D eigenvalue weighted by Gasteiger charge is -2.26. The molecule has 0 radical (unpaired) electrons. The van der Waals surface area contributed by atoms with E-state index in [1.165, 1.54) is 13.1 Å². The lowest BCUT2D eigenvalue weighted by Crippen LogP contribution is -2.52. The molecule has 52 valence electrons. The summed E-state index contributed by atoms with van der Waals surface area (Å²) in [6.45, 7) is 6.85. The first-order chi connectivity index (χ1) is 4.31. The number of hydrogen-bond donors (Lipinski definition) is 2. The molecule has 3 nitrogen and oxygen atoms in total. The monoisotopic (exact) mass is 127 g/mol. The van der Waals surface area contributed by atoms with Crippen LogP contribution in [0.15, 0.2) is 0 Å². The van der Waals surface area contributed by atoms with Gasteiger partial charge in [-0.05, 0) is 6.92 Å². The molecule has 2 saturated heterocycles. The van der Waals surface area contributed by atoms with Crippen LogP contribution in [0.1, 0.15) is 6.92 Å². The van der Waals surface area contributed by atoms with Gasteiger partial charge in [0.1, 0.15) is 5.79 Å². The summed E-state index contributed by atoms with van der Waals surface area (Å²) >= 11 is 0. The number of hydrogen-bond acceptors (Lipinski definition) is 3. The highest BCUT2D eigenvalue weighted by Crippen LogP contribution is 2.16. The molecule has 0 aromatic heterocycles. The van der Waals surface area contributed by atoms with Crippen LogP contribution in [-0.2, 0) is 0 Å². The molecule has 3 heteroatoms. The molecular formula is C6H13N3. The van der Waals surface area contributed by atoms with Gasteiger partial charge in [-0.25, -0.2) is 0 Å². The molecular weight excluding hydrogens is 114 g/mol. The Morgan fingerprint density at radius 3 is 2.22 bits per heavy atom. The predicted octanol–water partition coefficient (Wildman–Crippen LogP) is -0.831. The minimum atomic E-state index is 0.139. The summed E-state index contributed by atoms with van der Waals surface area (Å²) in [6, 6.07) is 0. The molecule has 0 spiro atoms. The predicted molar refractivity (Wildman–Crippen MR) is 36.0 cm³/mol. The van der Waals surface area contributed by atoms with Crippen LogP contribution in [0, 0.1) is 0 Å². The van der Waals surface area contributed by atoms with E-state index in [-0.39, 0.29) is 5.79 Å². The fraction of sp³-hybridized carbons (Fsp3) is 1.00. The third-order valence-corrected chi connectivity index (χ3v) is 2.33. The molecule has 2 N–H and O–H groups in total. The van der Waals surface area contributed by atoms with Gasteiger partial charge < -0.3 is 0 Å². The van der Waals surface area contributed by atoms with Gasteiger partial charge in [-0.2, -0.15) is 0 Å². The van der Waals surface area contributed by atoms with Crippen molar-refractivity contribution in [3.05, 3.63) is 0 Å². The van der Waals surface area contributed by atoms with Crippen molar-refractivity contribution >= 4 is 0 Å². The second-order valence-electron chi connectivity index (χ2n) is 2.91. The smallest absolute Gasteiger partial charge is 0.123 e. The van der Waals surface area contributed by atoms with Gasteiger partial charge in [0.15, 0.2) is 0 Å². The Balaban J connectivity index is 2.17. The molecule has 0 aromatic carbocycles. The SMILES string of the molecule is CC12NCCN1CCN2. The van der Waals surface area contributed by atoms with E-state index in [1.807, 2.05) is 0 Å². The van der Waals surface area contributed by atoms with Gasteiger partial charge in [0.2, 0.25) is 0 Å². The van der Waals surface area contributed by atoms with Crippen molar-refractivity contribution in [2.24, 2.45) is 0 Å². The molecule has 0 amide bonds. The molecule has 2 aliphatic rings. The number of rotatable bonds is 0.